The molecule has 2 nitrogen and oxygen atoms in total. The van der Waals surface area contributed by atoms with E-state index in [9.17, 15) is 5.11 Å². The van der Waals surface area contributed by atoms with Crippen molar-refractivity contribution < 1.29 is 5.11 Å². The Kier molecular flexibility index (Phi) is 5.22. The number of hydrogen-bond acceptors (Lipinski definition) is 2. The van der Waals surface area contributed by atoms with E-state index in [0.29, 0.717) is 6.04 Å². The molecule has 0 fully saturated rings. The van der Waals surface area contributed by atoms with Crippen molar-refractivity contribution >= 4 is 15.9 Å². The first-order chi connectivity index (χ1) is 8.65. The molecule has 3 heteroatoms. The van der Waals surface area contributed by atoms with Gasteiger partial charge in [0.15, 0.2) is 0 Å². The Morgan fingerprint density at radius 2 is 2.28 bits per heavy atom. The summed E-state index contributed by atoms with van der Waals surface area (Å²) in [7, 11) is 0. The average molecular weight is 312 g/mol. The van der Waals surface area contributed by atoms with Gasteiger partial charge in [0.1, 0.15) is 0 Å². The molecule has 1 aromatic rings. The molecule has 2 atom stereocenters. The largest absolute Gasteiger partial charge is 0.393 e. The molecule has 0 amide bonds. The number of nitrogens with one attached hydrogen (secondary N) is 1. The van der Waals surface area contributed by atoms with Crippen LogP contribution in [0.5, 0.6) is 0 Å². The van der Waals surface area contributed by atoms with Crippen LogP contribution in [0.2, 0.25) is 0 Å². The van der Waals surface area contributed by atoms with Gasteiger partial charge < -0.3 is 10.4 Å². The highest BCUT2D eigenvalue weighted by Crippen LogP contribution is 2.24. The molecule has 2 N–H and O–H groups in total. The maximum Gasteiger partial charge on any atom is 0.0512 e. The number of aliphatic hydroxyl groups excluding tert-OH is 1. The molecule has 1 aromatic carbocycles. The Labute approximate surface area is 118 Å². The highest BCUT2D eigenvalue weighted by Gasteiger charge is 2.17. The predicted molar refractivity (Wildman–Crippen MR) is 78.9 cm³/mol. The zero-order chi connectivity index (χ0) is 13.0. The third kappa shape index (κ3) is 4.08. The van der Waals surface area contributed by atoms with Crippen LogP contribution in [-0.4, -0.2) is 23.8 Å². The van der Waals surface area contributed by atoms with Gasteiger partial charge in [-0.1, -0.05) is 22.0 Å². The highest BCUT2D eigenvalue weighted by molar-refractivity contribution is 9.10. The number of halogens is 1. The Hall–Kier alpha value is -0.380. The van der Waals surface area contributed by atoms with E-state index in [-0.39, 0.29) is 6.10 Å². The number of fused-ring (bicyclic) bond motifs is 1. The maximum absolute atomic E-state index is 9.21. The van der Waals surface area contributed by atoms with Crippen molar-refractivity contribution in [3.05, 3.63) is 33.8 Å². The quantitative estimate of drug-likeness (QED) is 0.819. The van der Waals surface area contributed by atoms with Crippen LogP contribution in [0.4, 0.5) is 0 Å². The van der Waals surface area contributed by atoms with Crippen molar-refractivity contribution in [3.63, 3.8) is 0 Å². The van der Waals surface area contributed by atoms with Crippen molar-refractivity contribution in [1.82, 2.24) is 5.32 Å². The second-order valence-corrected chi connectivity index (χ2v) is 6.21. The van der Waals surface area contributed by atoms with E-state index >= 15 is 0 Å². The minimum absolute atomic E-state index is 0.170. The van der Waals surface area contributed by atoms with E-state index in [1.54, 1.807) is 0 Å². The first-order valence-electron chi connectivity index (χ1n) is 6.84. The van der Waals surface area contributed by atoms with Crippen LogP contribution in [0.1, 0.15) is 37.3 Å². The fourth-order valence-corrected chi connectivity index (χ4v) is 3.01. The molecule has 0 heterocycles. The molecule has 0 aliphatic heterocycles. The van der Waals surface area contributed by atoms with E-state index in [0.717, 1.165) is 25.8 Å². The molecule has 0 radical (unpaired) electrons. The Morgan fingerprint density at radius 1 is 1.44 bits per heavy atom. The summed E-state index contributed by atoms with van der Waals surface area (Å²) in [6.07, 6.45) is 5.30. The van der Waals surface area contributed by atoms with E-state index in [4.69, 9.17) is 0 Å². The Bertz CT molecular complexity index is 392. The molecule has 2 rings (SSSR count). The first-order valence-corrected chi connectivity index (χ1v) is 7.63. The topological polar surface area (TPSA) is 32.3 Å². The van der Waals surface area contributed by atoms with Gasteiger partial charge in [0, 0.05) is 10.5 Å². The Morgan fingerprint density at radius 3 is 3.06 bits per heavy atom. The van der Waals surface area contributed by atoms with Gasteiger partial charge in [-0.15, -0.1) is 0 Å². The molecule has 1 aliphatic rings. The zero-order valence-corrected chi connectivity index (χ0v) is 12.5. The molecular weight excluding hydrogens is 290 g/mol. The second-order valence-electron chi connectivity index (χ2n) is 5.30. The summed E-state index contributed by atoms with van der Waals surface area (Å²) in [5.74, 6) is 0. The predicted octanol–water partition coefficient (Wildman–Crippen LogP) is 3.06. The maximum atomic E-state index is 9.21. The van der Waals surface area contributed by atoms with Crippen LogP contribution in [0.25, 0.3) is 0 Å². The molecule has 0 saturated heterocycles. The van der Waals surface area contributed by atoms with Gasteiger partial charge in [-0.3, -0.25) is 0 Å². The van der Waals surface area contributed by atoms with Crippen LogP contribution in [0, 0.1) is 0 Å². The van der Waals surface area contributed by atoms with Crippen LogP contribution in [-0.2, 0) is 12.8 Å². The zero-order valence-electron chi connectivity index (χ0n) is 11.0. The highest BCUT2D eigenvalue weighted by atomic mass is 79.9. The van der Waals surface area contributed by atoms with Crippen LogP contribution in [0.3, 0.4) is 0 Å². The summed E-state index contributed by atoms with van der Waals surface area (Å²) in [6.45, 7) is 2.87. The molecule has 1 aliphatic carbocycles. The summed E-state index contributed by atoms with van der Waals surface area (Å²) in [6, 6.07) is 7.23. The Balaban J connectivity index is 1.79. The number of aliphatic hydroxyl groups is 1. The molecule has 0 bridgehead atoms. The number of rotatable bonds is 5. The van der Waals surface area contributed by atoms with Crippen LogP contribution >= 0.6 is 15.9 Å². The van der Waals surface area contributed by atoms with E-state index < -0.39 is 0 Å². The van der Waals surface area contributed by atoms with Gasteiger partial charge in [-0.05, 0) is 68.8 Å². The van der Waals surface area contributed by atoms with Crippen molar-refractivity contribution in [2.24, 2.45) is 0 Å². The summed E-state index contributed by atoms with van der Waals surface area (Å²) in [4.78, 5) is 0. The van der Waals surface area contributed by atoms with Gasteiger partial charge in [0.25, 0.3) is 0 Å². The number of hydrogen-bond donors (Lipinski definition) is 2. The van der Waals surface area contributed by atoms with E-state index in [1.165, 1.54) is 28.4 Å². The monoisotopic (exact) mass is 311 g/mol. The van der Waals surface area contributed by atoms with E-state index in [2.05, 4.69) is 39.4 Å². The molecule has 0 aromatic heterocycles. The lowest BCUT2D eigenvalue weighted by Gasteiger charge is -2.26. The van der Waals surface area contributed by atoms with E-state index in [1.807, 2.05) is 6.92 Å². The number of benzene rings is 1. The molecule has 18 heavy (non-hydrogen) atoms. The fourth-order valence-electron chi connectivity index (χ4n) is 2.60. The number of aryl methyl sites for hydroxylation is 1. The smallest absolute Gasteiger partial charge is 0.0512 e. The van der Waals surface area contributed by atoms with Gasteiger partial charge in [0.05, 0.1) is 6.10 Å². The minimum Gasteiger partial charge on any atom is -0.393 e. The first kappa shape index (κ1) is 14.0. The lowest BCUT2D eigenvalue weighted by atomic mass is 9.88. The van der Waals surface area contributed by atoms with Gasteiger partial charge >= 0.3 is 0 Å². The van der Waals surface area contributed by atoms with Crippen LogP contribution < -0.4 is 5.32 Å². The van der Waals surface area contributed by atoms with Gasteiger partial charge in [0.2, 0.25) is 0 Å². The van der Waals surface area contributed by atoms with Crippen molar-refractivity contribution in [1.29, 1.82) is 0 Å². The lowest BCUT2D eigenvalue weighted by molar-refractivity contribution is 0.180. The summed E-state index contributed by atoms with van der Waals surface area (Å²) >= 11 is 3.53. The summed E-state index contributed by atoms with van der Waals surface area (Å²) in [5.41, 5.74) is 2.98. The fraction of sp³-hybridized carbons (Fsp3) is 0.600. The minimum atomic E-state index is -0.170. The normalized spacial score (nSPS) is 20.5. The molecule has 100 valence electrons. The summed E-state index contributed by atoms with van der Waals surface area (Å²) in [5, 5.41) is 12.8. The average Bonchev–Trinajstić information content (AvgIpc) is 2.34. The molecular formula is C15H22BrNO. The van der Waals surface area contributed by atoms with Crippen molar-refractivity contribution in [2.75, 3.05) is 6.54 Å². The molecule has 0 spiro atoms. The SMILES string of the molecule is CC(O)CCCNC1CCc2cc(Br)ccc2C1. The van der Waals surface area contributed by atoms with Crippen molar-refractivity contribution in [3.8, 4) is 0 Å². The summed E-state index contributed by atoms with van der Waals surface area (Å²) < 4.78 is 1.18. The molecule has 2 unspecified atom stereocenters. The van der Waals surface area contributed by atoms with Gasteiger partial charge in [-0.25, -0.2) is 0 Å². The van der Waals surface area contributed by atoms with Crippen molar-refractivity contribution in [2.45, 2.75) is 51.2 Å². The third-order valence-corrected chi connectivity index (χ3v) is 4.12. The molecule has 0 saturated carbocycles. The second kappa shape index (κ2) is 6.69. The third-order valence-electron chi connectivity index (χ3n) is 3.63. The standard InChI is InChI=1S/C15H22BrNO/c1-11(18)3-2-8-17-15-7-5-12-9-14(16)6-4-13(12)10-15/h4,6,9,11,15,17-18H,2-3,5,7-8,10H2,1H3. The van der Waals surface area contributed by atoms with Gasteiger partial charge in [-0.2, -0.15) is 0 Å². The van der Waals surface area contributed by atoms with Crippen LogP contribution in [0.15, 0.2) is 22.7 Å². The lowest BCUT2D eigenvalue weighted by Crippen LogP contribution is -2.35.